The lowest BCUT2D eigenvalue weighted by Crippen LogP contribution is -2.02. The number of carbonyl (C=O) groups is 1. The Labute approximate surface area is 116 Å². The number of hydrogen-bond donors (Lipinski definition) is 2. The number of anilines is 1. The van der Waals surface area contributed by atoms with Crippen LogP contribution in [0.5, 0.6) is 0 Å². The van der Waals surface area contributed by atoms with E-state index < -0.39 is 5.97 Å². The van der Waals surface area contributed by atoms with Gasteiger partial charge in [0, 0.05) is 10.4 Å². The maximum atomic E-state index is 11.5. The minimum absolute atomic E-state index is 0.244. The summed E-state index contributed by atoms with van der Waals surface area (Å²) in [5, 5.41) is 9.78. The minimum atomic E-state index is -0.955. The van der Waals surface area contributed by atoms with Crippen molar-refractivity contribution in [2.75, 3.05) is 5.73 Å². The van der Waals surface area contributed by atoms with Gasteiger partial charge in [-0.15, -0.1) is 11.3 Å². The number of nitrogens with two attached hydrogens (primary N) is 1. The monoisotopic (exact) mass is 275 g/mol. The van der Waals surface area contributed by atoms with E-state index >= 15 is 0 Å². The number of thiophene rings is 1. The minimum Gasteiger partial charge on any atom is -0.478 e. The first-order valence-electron chi connectivity index (χ1n) is 6.17. The average molecular weight is 275 g/mol. The second kappa shape index (κ2) is 5.05. The zero-order chi connectivity index (χ0) is 14.2. The normalized spacial score (nSPS) is 10.7. The molecule has 1 aromatic heterocycles. The van der Waals surface area contributed by atoms with Gasteiger partial charge in [-0.3, -0.25) is 0 Å². The quantitative estimate of drug-likeness (QED) is 0.893. The van der Waals surface area contributed by atoms with Crippen molar-refractivity contribution in [2.45, 2.75) is 27.2 Å². The van der Waals surface area contributed by atoms with E-state index in [1.165, 1.54) is 16.9 Å². The van der Waals surface area contributed by atoms with E-state index in [0.717, 1.165) is 28.0 Å². The number of carboxylic acid groups (broad SMARTS) is 1. The number of hydrogen-bond acceptors (Lipinski definition) is 3. The van der Waals surface area contributed by atoms with Gasteiger partial charge in [0.25, 0.3) is 0 Å². The summed E-state index contributed by atoms with van der Waals surface area (Å²) in [6, 6.07) is 6.05. The molecule has 0 spiro atoms. The van der Waals surface area contributed by atoms with Crippen LogP contribution >= 0.6 is 11.3 Å². The average Bonchev–Trinajstić information content (AvgIpc) is 2.66. The molecule has 0 unspecified atom stereocenters. The number of nitrogen functional groups attached to an aromatic ring is 1. The fourth-order valence-corrected chi connectivity index (χ4v) is 3.35. The van der Waals surface area contributed by atoms with Crippen molar-refractivity contribution in [3.05, 3.63) is 39.8 Å². The SMILES string of the molecule is CCc1sc(N)c(C(=O)O)c1-c1ccc(C)cc1C. The Kier molecular flexibility index (Phi) is 3.62. The van der Waals surface area contributed by atoms with Crippen molar-refractivity contribution in [1.29, 1.82) is 0 Å². The number of aromatic carboxylic acids is 1. The second-order valence-corrected chi connectivity index (χ2v) is 5.75. The first kappa shape index (κ1) is 13.6. The molecule has 0 aliphatic rings. The summed E-state index contributed by atoms with van der Waals surface area (Å²) in [6.07, 6.45) is 0.783. The van der Waals surface area contributed by atoms with Crippen molar-refractivity contribution in [2.24, 2.45) is 0 Å². The van der Waals surface area contributed by atoms with Crippen LogP contribution in [0.4, 0.5) is 5.00 Å². The molecule has 3 N–H and O–H groups in total. The lowest BCUT2D eigenvalue weighted by molar-refractivity contribution is 0.0699. The van der Waals surface area contributed by atoms with E-state index in [2.05, 4.69) is 6.07 Å². The molecule has 0 saturated carbocycles. The molecular formula is C15H17NO2S. The maximum absolute atomic E-state index is 11.5. The first-order chi connectivity index (χ1) is 8.95. The highest BCUT2D eigenvalue weighted by Gasteiger charge is 2.23. The van der Waals surface area contributed by atoms with Gasteiger partial charge in [-0.05, 0) is 31.4 Å². The Bertz CT molecular complexity index is 644. The molecule has 1 aromatic carbocycles. The van der Waals surface area contributed by atoms with E-state index in [-0.39, 0.29) is 5.56 Å². The molecule has 2 aromatic rings. The molecule has 1 heterocycles. The van der Waals surface area contributed by atoms with Crippen molar-refractivity contribution >= 4 is 22.3 Å². The Morgan fingerprint density at radius 3 is 2.58 bits per heavy atom. The van der Waals surface area contributed by atoms with Gasteiger partial charge in [0.2, 0.25) is 0 Å². The molecule has 0 aliphatic carbocycles. The summed E-state index contributed by atoms with van der Waals surface area (Å²) in [5.74, 6) is -0.955. The van der Waals surface area contributed by atoms with Crippen LogP contribution in [0.15, 0.2) is 18.2 Å². The molecule has 2 rings (SSSR count). The highest BCUT2D eigenvalue weighted by Crippen LogP contribution is 2.40. The van der Waals surface area contributed by atoms with Crippen LogP contribution in [-0.2, 0) is 6.42 Å². The van der Waals surface area contributed by atoms with Gasteiger partial charge < -0.3 is 10.8 Å². The Hall–Kier alpha value is -1.81. The van der Waals surface area contributed by atoms with Crippen LogP contribution in [0, 0.1) is 13.8 Å². The van der Waals surface area contributed by atoms with Gasteiger partial charge in [-0.1, -0.05) is 30.7 Å². The zero-order valence-electron chi connectivity index (χ0n) is 11.3. The van der Waals surface area contributed by atoms with Crippen LogP contribution in [0.25, 0.3) is 11.1 Å². The van der Waals surface area contributed by atoms with Gasteiger partial charge in [0.15, 0.2) is 0 Å². The third-order valence-corrected chi connectivity index (χ3v) is 4.36. The Balaban J connectivity index is 2.76. The number of benzene rings is 1. The molecule has 0 amide bonds. The Morgan fingerprint density at radius 1 is 1.37 bits per heavy atom. The summed E-state index contributed by atoms with van der Waals surface area (Å²) >= 11 is 1.37. The molecule has 3 nitrogen and oxygen atoms in total. The van der Waals surface area contributed by atoms with E-state index in [9.17, 15) is 9.90 Å². The van der Waals surface area contributed by atoms with E-state index in [1.807, 2.05) is 32.9 Å². The third-order valence-electron chi connectivity index (χ3n) is 3.19. The Morgan fingerprint density at radius 2 is 2.05 bits per heavy atom. The lowest BCUT2D eigenvalue weighted by Gasteiger charge is -2.09. The topological polar surface area (TPSA) is 63.3 Å². The first-order valence-corrected chi connectivity index (χ1v) is 6.99. The predicted octanol–water partition coefficient (Wildman–Crippen LogP) is 3.87. The highest BCUT2D eigenvalue weighted by molar-refractivity contribution is 7.17. The summed E-state index contributed by atoms with van der Waals surface area (Å²) in [7, 11) is 0. The van der Waals surface area contributed by atoms with Gasteiger partial charge >= 0.3 is 5.97 Å². The second-order valence-electron chi connectivity index (χ2n) is 4.62. The van der Waals surface area contributed by atoms with Crippen LogP contribution < -0.4 is 5.73 Å². The molecule has 0 radical (unpaired) electrons. The van der Waals surface area contributed by atoms with Gasteiger partial charge in [0.1, 0.15) is 10.6 Å². The van der Waals surface area contributed by atoms with Crippen molar-refractivity contribution < 1.29 is 9.90 Å². The van der Waals surface area contributed by atoms with Crippen molar-refractivity contribution in [3.8, 4) is 11.1 Å². The van der Waals surface area contributed by atoms with Gasteiger partial charge in [0.05, 0.1) is 0 Å². The largest absolute Gasteiger partial charge is 0.478 e. The fourth-order valence-electron chi connectivity index (χ4n) is 2.34. The molecule has 0 bridgehead atoms. The van der Waals surface area contributed by atoms with Gasteiger partial charge in [-0.2, -0.15) is 0 Å². The molecule has 0 aliphatic heterocycles. The molecule has 100 valence electrons. The van der Waals surface area contributed by atoms with Crippen molar-refractivity contribution in [3.63, 3.8) is 0 Å². The summed E-state index contributed by atoms with van der Waals surface area (Å²) < 4.78 is 0. The number of carboxylic acids is 1. The lowest BCUT2D eigenvalue weighted by atomic mass is 9.95. The van der Waals surface area contributed by atoms with Gasteiger partial charge in [-0.25, -0.2) is 4.79 Å². The van der Waals surface area contributed by atoms with Crippen LogP contribution in [0.2, 0.25) is 0 Å². The summed E-state index contributed by atoms with van der Waals surface area (Å²) in [4.78, 5) is 12.5. The molecule has 0 fully saturated rings. The number of aryl methyl sites for hydroxylation is 3. The third kappa shape index (κ3) is 2.36. The van der Waals surface area contributed by atoms with Crippen molar-refractivity contribution in [1.82, 2.24) is 0 Å². The van der Waals surface area contributed by atoms with Crippen LogP contribution in [0.3, 0.4) is 0 Å². The predicted molar refractivity (Wildman–Crippen MR) is 80.0 cm³/mol. The van der Waals surface area contributed by atoms with Crippen LogP contribution in [0.1, 0.15) is 33.3 Å². The highest BCUT2D eigenvalue weighted by atomic mass is 32.1. The molecule has 0 atom stereocenters. The summed E-state index contributed by atoms with van der Waals surface area (Å²) in [6.45, 7) is 6.04. The zero-order valence-corrected chi connectivity index (χ0v) is 12.1. The summed E-state index contributed by atoms with van der Waals surface area (Å²) in [5.41, 5.74) is 10.1. The van der Waals surface area contributed by atoms with E-state index in [1.54, 1.807) is 0 Å². The van der Waals surface area contributed by atoms with E-state index in [4.69, 9.17) is 5.73 Å². The fraction of sp³-hybridized carbons (Fsp3) is 0.267. The smallest absolute Gasteiger partial charge is 0.339 e. The number of rotatable bonds is 3. The van der Waals surface area contributed by atoms with Crippen LogP contribution in [-0.4, -0.2) is 11.1 Å². The molecular weight excluding hydrogens is 258 g/mol. The maximum Gasteiger partial charge on any atom is 0.339 e. The molecule has 19 heavy (non-hydrogen) atoms. The molecule has 0 saturated heterocycles. The standard InChI is InChI=1S/C15H17NO2S/c1-4-11-12(13(15(17)18)14(16)19-11)10-6-5-8(2)7-9(10)3/h5-7H,4,16H2,1-3H3,(H,17,18). The van der Waals surface area contributed by atoms with E-state index in [0.29, 0.717) is 5.00 Å². The molecule has 4 heteroatoms.